The first kappa shape index (κ1) is 12.0. The number of hydrogen-bond donors (Lipinski definition) is 0. The van der Waals surface area contributed by atoms with E-state index in [1.165, 1.54) is 0 Å². The minimum Gasteiger partial charge on any atom is -0.461 e. The molecule has 1 aliphatic rings. The van der Waals surface area contributed by atoms with Crippen molar-refractivity contribution in [2.75, 3.05) is 26.7 Å². The second-order valence-corrected chi connectivity index (χ2v) is 4.34. The van der Waals surface area contributed by atoms with Gasteiger partial charge in [0.25, 0.3) is 0 Å². The number of carbonyl (C=O) groups excluding carboxylic acids is 1. The summed E-state index contributed by atoms with van der Waals surface area (Å²) >= 11 is 0. The second-order valence-electron chi connectivity index (χ2n) is 4.34. The maximum Gasteiger partial charge on any atom is 0.360 e. The van der Waals surface area contributed by atoms with Crippen LogP contribution in [0.1, 0.15) is 36.3 Å². The van der Waals surface area contributed by atoms with Crippen LogP contribution < -0.4 is 0 Å². The fourth-order valence-electron chi connectivity index (χ4n) is 2.01. The highest BCUT2D eigenvalue weighted by Crippen LogP contribution is 2.20. The van der Waals surface area contributed by atoms with Gasteiger partial charge in [-0.2, -0.15) is 0 Å². The molecule has 0 saturated carbocycles. The van der Waals surface area contributed by atoms with E-state index in [-0.39, 0.29) is 0 Å². The van der Waals surface area contributed by atoms with Crippen LogP contribution in [0.3, 0.4) is 0 Å². The van der Waals surface area contributed by atoms with Gasteiger partial charge in [0.05, 0.1) is 18.8 Å². The molecular formula is C11H18N4O2. The molecule has 1 aromatic heterocycles. The largest absolute Gasteiger partial charge is 0.461 e. The molecule has 0 spiro atoms. The van der Waals surface area contributed by atoms with Crippen molar-refractivity contribution in [3.8, 4) is 0 Å². The van der Waals surface area contributed by atoms with E-state index in [2.05, 4.69) is 22.3 Å². The molecule has 6 nitrogen and oxygen atoms in total. The van der Waals surface area contributed by atoms with Crippen LogP contribution in [-0.4, -0.2) is 52.6 Å². The molecule has 6 heteroatoms. The average Bonchev–Trinajstić information content (AvgIpc) is 2.80. The number of nitrogens with zero attached hydrogens (tertiary/aromatic N) is 4. The van der Waals surface area contributed by atoms with Gasteiger partial charge >= 0.3 is 5.97 Å². The Morgan fingerprint density at radius 1 is 1.53 bits per heavy atom. The van der Waals surface area contributed by atoms with Crippen molar-refractivity contribution in [2.45, 2.75) is 25.8 Å². The van der Waals surface area contributed by atoms with Crippen LogP contribution in [0, 0.1) is 0 Å². The molecule has 0 aromatic carbocycles. The normalized spacial score (nSPS) is 18.2. The molecule has 1 aliphatic heterocycles. The Kier molecular flexibility index (Phi) is 3.73. The van der Waals surface area contributed by atoms with Crippen molar-refractivity contribution in [1.82, 2.24) is 19.9 Å². The Bertz CT molecular complexity index is 383. The van der Waals surface area contributed by atoms with Crippen molar-refractivity contribution in [1.29, 1.82) is 0 Å². The summed E-state index contributed by atoms with van der Waals surface area (Å²) in [6.45, 7) is 4.25. The fraction of sp³-hybridized carbons (Fsp3) is 0.727. The number of esters is 1. The molecular weight excluding hydrogens is 220 g/mol. The van der Waals surface area contributed by atoms with E-state index in [4.69, 9.17) is 4.74 Å². The molecule has 94 valence electrons. The number of aromatic nitrogens is 3. The van der Waals surface area contributed by atoms with Gasteiger partial charge in [0.1, 0.15) is 0 Å². The van der Waals surface area contributed by atoms with E-state index in [1.807, 2.05) is 0 Å². The number of piperidine rings is 1. The molecule has 17 heavy (non-hydrogen) atoms. The number of carbonyl (C=O) groups is 1. The van der Waals surface area contributed by atoms with Crippen LogP contribution in [0.5, 0.6) is 0 Å². The summed E-state index contributed by atoms with van der Waals surface area (Å²) in [7, 11) is 2.11. The highest BCUT2D eigenvalue weighted by Gasteiger charge is 2.21. The first-order valence-corrected chi connectivity index (χ1v) is 5.98. The molecule has 0 aliphatic carbocycles. The number of rotatable bonds is 3. The SMILES string of the molecule is CCOC(=O)c1cn(C2CCN(C)CC2)nn1. The van der Waals surface area contributed by atoms with Crippen LogP contribution in [0.25, 0.3) is 0 Å². The minimum atomic E-state index is -0.397. The molecule has 2 rings (SSSR count). The van der Waals surface area contributed by atoms with Crippen molar-refractivity contribution in [3.63, 3.8) is 0 Å². The predicted octanol–water partition coefficient (Wildman–Crippen LogP) is 0.722. The molecule has 0 atom stereocenters. The van der Waals surface area contributed by atoms with Gasteiger partial charge in [-0.05, 0) is 39.9 Å². The minimum absolute atomic E-state index is 0.297. The Labute approximate surface area is 101 Å². The highest BCUT2D eigenvalue weighted by atomic mass is 16.5. The Morgan fingerprint density at radius 3 is 2.88 bits per heavy atom. The van der Waals surface area contributed by atoms with E-state index in [0.29, 0.717) is 18.3 Å². The van der Waals surface area contributed by atoms with E-state index in [9.17, 15) is 4.79 Å². The van der Waals surface area contributed by atoms with Gasteiger partial charge in [-0.3, -0.25) is 0 Å². The summed E-state index contributed by atoms with van der Waals surface area (Å²) in [5, 5.41) is 7.87. The standard InChI is InChI=1S/C11H18N4O2/c1-3-17-11(16)10-8-15(13-12-10)9-4-6-14(2)7-5-9/h8-9H,3-7H2,1-2H3. The third-order valence-corrected chi connectivity index (χ3v) is 3.06. The lowest BCUT2D eigenvalue weighted by Crippen LogP contribution is -2.31. The van der Waals surface area contributed by atoms with E-state index in [0.717, 1.165) is 25.9 Å². The lowest BCUT2D eigenvalue weighted by molar-refractivity contribution is 0.0519. The van der Waals surface area contributed by atoms with Crippen LogP contribution in [-0.2, 0) is 4.74 Å². The number of ether oxygens (including phenoxy) is 1. The lowest BCUT2D eigenvalue weighted by atomic mass is 10.1. The molecule has 2 heterocycles. The molecule has 1 aromatic rings. The molecule has 1 fully saturated rings. The quantitative estimate of drug-likeness (QED) is 0.726. The van der Waals surface area contributed by atoms with Crippen molar-refractivity contribution in [2.24, 2.45) is 0 Å². The van der Waals surface area contributed by atoms with E-state index in [1.54, 1.807) is 17.8 Å². The average molecular weight is 238 g/mol. The number of hydrogen-bond acceptors (Lipinski definition) is 5. The van der Waals surface area contributed by atoms with Gasteiger partial charge < -0.3 is 9.64 Å². The molecule has 0 unspecified atom stereocenters. The van der Waals surface area contributed by atoms with Gasteiger partial charge in [0.15, 0.2) is 5.69 Å². The maximum absolute atomic E-state index is 11.4. The zero-order valence-corrected chi connectivity index (χ0v) is 10.3. The summed E-state index contributed by atoms with van der Waals surface area (Å²) in [6.07, 6.45) is 3.78. The highest BCUT2D eigenvalue weighted by molar-refractivity contribution is 5.86. The van der Waals surface area contributed by atoms with Crippen LogP contribution in [0.4, 0.5) is 0 Å². The summed E-state index contributed by atoms with van der Waals surface area (Å²) in [5.74, 6) is -0.397. The van der Waals surface area contributed by atoms with Crippen molar-refractivity contribution >= 4 is 5.97 Å². The van der Waals surface area contributed by atoms with Crippen molar-refractivity contribution < 1.29 is 9.53 Å². The zero-order chi connectivity index (χ0) is 12.3. The first-order chi connectivity index (χ1) is 8.20. The topological polar surface area (TPSA) is 60.2 Å². The van der Waals surface area contributed by atoms with Gasteiger partial charge in [-0.25, -0.2) is 9.48 Å². The second kappa shape index (κ2) is 5.27. The van der Waals surface area contributed by atoms with Crippen molar-refractivity contribution in [3.05, 3.63) is 11.9 Å². The zero-order valence-electron chi connectivity index (χ0n) is 10.3. The fourth-order valence-corrected chi connectivity index (χ4v) is 2.01. The van der Waals surface area contributed by atoms with Gasteiger partial charge in [-0.1, -0.05) is 5.21 Å². The third kappa shape index (κ3) is 2.82. The Hall–Kier alpha value is -1.43. The van der Waals surface area contributed by atoms with E-state index < -0.39 is 5.97 Å². The molecule has 0 amide bonds. The molecule has 1 saturated heterocycles. The summed E-state index contributed by atoms with van der Waals surface area (Å²) in [5.41, 5.74) is 0.297. The summed E-state index contributed by atoms with van der Waals surface area (Å²) in [6, 6.07) is 0.349. The van der Waals surface area contributed by atoms with Crippen LogP contribution >= 0.6 is 0 Å². The van der Waals surface area contributed by atoms with Gasteiger partial charge in [-0.15, -0.1) is 5.10 Å². The van der Waals surface area contributed by atoms with Crippen LogP contribution in [0.2, 0.25) is 0 Å². The predicted molar refractivity (Wildman–Crippen MR) is 61.7 cm³/mol. The smallest absolute Gasteiger partial charge is 0.360 e. The molecule has 0 N–H and O–H groups in total. The monoisotopic (exact) mass is 238 g/mol. The summed E-state index contributed by atoms with van der Waals surface area (Å²) in [4.78, 5) is 13.7. The molecule has 0 bridgehead atoms. The Morgan fingerprint density at radius 2 is 2.24 bits per heavy atom. The van der Waals surface area contributed by atoms with Crippen LogP contribution in [0.15, 0.2) is 6.20 Å². The first-order valence-electron chi connectivity index (χ1n) is 5.98. The summed E-state index contributed by atoms with van der Waals surface area (Å²) < 4.78 is 6.67. The van der Waals surface area contributed by atoms with Gasteiger partial charge in [0.2, 0.25) is 0 Å². The molecule has 0 radical (unpaired) electrons. The Balaban J connectivity index is 2.00. The lowest BCUT2D eigenvalue weighted by Gasteiger charge is -2.28. The van der Waals surface area contributed by atoms with E-state index >= 15 is 0 Å². The van der Waals surface area contributed by atoms with Gasteiger partial charge in [0, 0.05) is 0 Å². The number of likely N-dealkylation sites (tertiary alicyclic amines) is 1. The third-order valence-electron chi connectivity index (χ3n) is 3.06. The maximum atomic E-state index is 11.4.